The van der Waals surface area contributed by atoms with E-state index < -0.39 is 5.41 Å². The Morgan fingerprint density at radius 1 is 1.12 bits per heavy atom. The maximum atomic E-state index is 12.4. The monoisotopic (exact) mass is 369 g/mol. The Balaban J connectivity index is 1.63. The van der Waals surface area contributed by atoms with E-state index in [0.717, 1.165) is 32.8 Å². The molecule has 2 fully saturated rings. The Morgan fingerprint density at radius 3 is 2.31 bits per heavy atom. The largest absolute Gasteiger partial charge is 0.379 e. The molecule has 1 N–H and O–H groups in total. The predicted octanol–water partition coefficient (Wildman–Crippen LogP) is 0.735. The smallest absolute Gasteiger partial charge is 0.228 e. The molecule has 150 valence electrons. The minimum absolute atomic E-state index is 0.00714. The zero-order chi connectivity index (χ0) is 19.4. The van der Waals surface area contributed by atoms with Gasteiger partial charge in [-0.25, -0.2) is 0 Å². The molecule has 2 amide bonds. The van der Waals surface area contributed by atoms with Crippen LogP contribution in [0, 0.1) is 10.8 Å². The van der Waals surface area contributed by atoms with Gasteiger partial charge in [0.15, 0.2) is 0 Å². The molecule has 0 aromatic heterocycles. The third-order valence-corrected chi connectivity index (χ3v) is 4.89. The van der Waals surface area contributed by atoms with Crippen molar-refractivity contribution in [3.63, 3.8) is 0 Å². The molecular formula is C19H35N3O4. The number of likely N-dealkylation sites (tertiary alicyclic amines) is 1. The van der Waals surface area contributed by atoms with E-state index in [-0.39, 0.29) is 23.3 Å². The fraction of sp³-hybridized carbons (Fsp3) is 0.895. The van der Waals surface area contributed by atoms with Crippen molar-refractivity contribution in [2.45, 2.75) is 40.7 Å². The van der Waals surface area contributed by atoms with Crippen molar-refractivity contribution >= 4 is 11.8 Å². The first kappa shape index (κ1) is 21.1. The summed E-state index contributed by atoms with van der Waals surface area (Å²) in [6.45, 7) is 16.0. The molecule has 7 heteroatoms. The number of amides is 2. The van der Waals surface area contributed by atoms with Crippen molar-refractivity contribution in [3.05, 3.63) is 0 Å². The van der Waals surface area contributed by atoms with E-state index in [9.17, 15) is 9.59 Å². The van der Waals surface area contributed by atoms with Crippen LogP contribution in [0.25, 0.3) is 0 Å². The minimum atomic E-state index is -0.584. The zero-order valence-electron chi connectivity index (χ0n) is 17.0. The highest BCUT2D eigenvalue weighted by Gasteiger charge is 2.38. The molecule has 0 atom stereocenters. The van der Waals surface area contributed by atoms with E-state index in [0.29, 0.717) is 26.2 Å². The lowest BCUT2D eigenvalue weighted by Gasteiger charge is -2.42. The van der Waals surface area contributed by atoms with Crippen molar-refractivity contribution in [2.24, 2.45) is 10.8 Å². The molecule has 0 saturated carbocycles. The summed E-state index contributed by atoms with van der Waals surface area (Å²) in [6.07, 6.45) is 0.0294. The average Bonchev–Trinajstić information content (AvgIpc) is 2.53. The lowest BCUT2D eigenvalue weighted by molar-refractivity contribution is -0.157. The van der Waals surface area contributed by atoms with Crippen molar-refractivity contribution in [1.29, 1.82) is 0 Å². The molecule has 0 radical (unpaired) electrons. The number of ether oxygens (including phenoxy) is 2. The maximum Gasteiger partial charge on any atom is 0.228 e. The molecule has 2 aliphatic heterocycles. The summed E-state index contributed by atoms with van der Waals surface area (Å²) in [6, 6.07) is 0. The molecule has 0 unspecified atom stereocenters. The highest BCUT2D eigenvalue weighted by Crippen LogP contribution is 2.24. The van der Waals surface area contributed by atoms with Crippen molar-refractivity contribution in [2.75, 3.05) is 59.1 Å². The van der Waals surface area contributed by atoms with Crippen LogP contribution in [0.5, 0.6) is 0 Å². The van der Waals surface area contributed by atoms with E-state index in [1.165, 1.54) is 0 Å². The molecule has 2 saturated heterocycles. The Morgan fingerprint density at radius 2 is 1.73 bits per heavy atom. The number of hydrogen-bond acceptors (Lipinski definition) is 5. The Bertz CT molecular complexity index is 490. The Kier molecular flexibility index (Phi) is 7.05. The highest BCUT2D eigenvalue weighted by molar-refractivity contribution is 5.82. The second-order valence-electron chi connectivity index (χ2n) is 8.99. The predicted molar refractivity (Wildman–Crippen MR) is 99.8 cm³/mol. The van der Waals surface area contributed by atoms with E-state index in [2.05, 4.69) is 10.2 Å². The van der Waals surface area contributed by atoms with Crippen LogP contribution in [-0.2, 0) is 19.1 Å². The van der Waals surface area contributed by atoms with E-state index >= 15 is 0 Å². The van der Waals surface area contributed by atoms with Gasteiger partial charge in [0.1, 0.15) is 0 Å². The molecule has 0 aliphatic carbocycles. The van der Waals surface area contributed by atoms with Gasteiger partial charge in [0.05, 0.1) is 31.3 Å². The molecule has 26 heavy (non-hydrogen) atoms. The average molecular weight is 370 g/mol. The maximum absolute atomic E-state index is 12.4. The second-order valence-corrected chi connectivity index (χ2v) is 8.99. The third-order valence-electron chi connectivity index (χ3n) is 4.89. The van der Waals surface area contributed by atoms with Crippen molar-refractivity contribution in [1.82, 2.24) is 15.1 Å². The van der Waals surface area contributed by atoms with Crippen LogP contribution < -0.4 is 5.32 Å². The van der Waals surface area contributed by atoms with E-state index in [1.807, 2.05) is 39.5 Å². The first-order valence-corrected chi connectivity index (χ1v) is 9.59. The zero-order valence-corrected chi connectivity index (χ0v) is 17.0. The first-order valence-electron chi connectivity index (χ1n) is 9.59. The highest BCUT2D eigenvalue weighted by atomic mass is 16.5. The van der Waals surface area contributed by atoms with Gasteiger partial charge < -0.3 is 19.7 Å². The van der Waals surface area contributed by atoms with Crippen LogP contribution >= 0.6 is 0 Å². The van der Waals surface area contributed by atoms with Crippen LogP contribution in [0.2, 0.25) is 0 Å². The molecule has 2 aliphatic rings. The molecular weight excluding hydrogens is 334 g/mol. The van der Waals surface area contributed by atoms with E-state index in [4.69, 9.17) is 9.47 Å². The molecule has 2 heterocycles. The summed E-state index contributed by atoms with van der Waals surface area (Å²) in [5, 5.41) is 3.01. The summed E-state index contributed by atoms with van der Waals surface area (Å²) in [5.41, 5.74) is -0.940. The first-order chi connectivity index (χ1) is 12.1. The van der Waals surface area contributed by atoms with Crippen LogP contribution in [0.4, 0.5) is 0 Å². The normalized spacial score (nSPS) is 20.0. The lowest BCUT2D eigenvalue weighted by atomic mass is 9.92. The Labute approximate surface area is 157 Å². The fourth-order valence-electron chi connectivity index (χ4n) is 2.97. The van der Waals surface area contributed by atoms with Gasteiger partial charge in [-0.1, -0.05) is 20.8 Å². The van der Waals surface area contributed by atoms with E-state index in [1.54, 1.807) is 0 Å². The number of nitrogens with one attached hydrogen (secondary N) is 1. The van der Waals surface area contributed by atoms with Gasteiger partial charge in [-0.05, 0) is 13.8 Å². The summed E-state index contributed by atoms with van der Waals surface area (Å²) in [5.74, 6) is 0.158. The summed E-state index contributed by atoms with van der Waals surface area (Å²) in [4.78, 5) is 28.7. The van der Waals surface area contributed by atoms with Gasteiger partial charge in [-0.15, -0.1) is 0 Å². The molecule has 0 bridgehead atoms. The number of carbonyl (C=O) groups excluding carboxylic acids is 2. The van der Waals surface area contributed by atoms with Gasteiger partial charge in [-0.2, -0.15) is 0 Å². The van der Waals surface area contributed by atoms with Crippen LogP contribution in [0.3, 0.4) is 0 Å². The summed E-state index contributed by atoms with van der Waals surface area (Å²) >= 11 is 0. The van der Waals surface area contributed by atoms with Gasteiger partial charge in [0, 0.05) is 44.7 Å². The number of carbonyl (C=O) groups is 2. The molecule has 2 rings (SSSR count). The number of hydrogen-bond donors (Lipinski definition) is 1. The number of nitrogens with zero attached hydrogens (tertiary/aromatic N) is 2. The molecule has 0 aromatic carbocycles. The van der Waals surface area contributed by atoms with Gasteiger partial charge in [-0.3, -0.25) is 14.5 Å². The summed E-state index contributed by atoms with van der Waals surface area (Å²) < 4.78 is 11.2. The third kappa shape index (κ3) is 5.93. The number of morpholine rings is 1. The van der Waals surface area contributed by atoms with Gasteiger partial charge >= 0.3 is 0 Å². The second kappa shape index (κ2) is 8.67. The molecule has 0 aromatic rings. The quantitative estimate of drug-likeness (QED) is 0.717. The fourth-order valence-corrected chi connectivity index (χ4v) is 2.97. The van der Waals surface area contributed by atoms with Crippen LogP contribution in [-0.4, -0.2) is 86.8 Å². The molecule has 7 nitrogen and oxygen atoms in total. The van der Waals surface area contributed by atoms with Gasteiger partial charge in [0.25, 0.3) is 0 Å². The van der Waals surface area contributed by atoms with Crippen LogP contribution in [0.15, 0.2) is 0 Å². The molecule has 0 spiro atoms. The Hall–Kier alpha value is -1.18. The minimum Gasteiger partial charge on any atom is -0.379 e. The number of rotatable bonds is 7. The van der Waals surface area contributed by atoms with Crippen molar-refractivity contribution < 1.29 is 19.1 Å². The van der Waals surface area contributed by atoms with Gasteiger partial charge in [0.2, 0.25) is 11.8 Å². The standard InChI is InChI=1S/C19H35N3O4/c1-18(2,3)17(24)22-12-15(13-22)26-14-19(4,5)16(23)20-6-7-21-8-10-25-11-9-21/h15H,6-14H2,1-5H3,(H,20,23). The topological polar surface area (TPSA) is 71.1 Å². The summed E-state index contributed by atoms with van der Waals surface area (Å²) in [7, 11) is 0. The lowest BCUT2D eigenvalue weighted by Crippen LogP contribution is -2.58. The SMILES string of the molecule is CC(C)(C)C(=O)N1CC(OCC(C)(C)C(=O)NCCN2CCOCC2)C1. The van der Waals surface area contributed by atoms with Crippen molar-refractivity contribution in [3.8, 4) is 0 Å². The van der Waals surface area contributed by atoms with Crippen LogP contribution in [0.1, 0.15) is 34.6 Å².